The molecule has 1 N–H and O–H groups in total. The van der Waals surface area contributed by atoms with Crippen molar-refractivity contribution in [3.63, 3.8) is 0 Å². The third-order valence-electron chi connectivity index (χ3n) is 2.63. The largest absolute Gasteiger partial charge is 0.481 e. The highest BCUT2D eigenvalue weighted by molar-refractivity contribution is 6.17. The zero-order valence-corrected chi connectivity index (χ0v) is 11.4. The molecule has 0 aliphatic rings. The number of esters is 1. The lowest BCUT2D eigenvalue weighted by molar-refractivity contribution is -0.144. The van der Waals surface area contributed by atoms with E-state index in [-0.39, 0.29) is 30.3 Å². The van der Waals surface area contributed by atoms with E-state index in [4.69, 9.17) is 16.7 Å². The van der Waals surface area contributed by atoms with Crippen LogP contribution in [0.5, 0.6) is 0 Å². The van der Waals surface area contributed by atoms with Crippen LogP contribution in [-0.4, -0.2) is 23.1 Å². The monoisotopic (exact) mass is 264 g/mol. The van der Waals surface area contributed by atoms with Gasteiger partial charge in [0.2, 0.25) is 0 Å². The molecule has 17 heavy (non-hydrogen) atoms. The molecule has 0 fully saturated rings. The fourth-order valence-electron chi connectivity index (χ4n) is 2.15. The third kappa shape index (κ3) is 8.02. The van der Waals surface area contributed by atoms with Gasteiger partial charge >= 0.3 is 11.9 Å². The molecule has 0 saturated heterocycles. The van der Waals surface area contributed by atoms with Gasteiger partial charge in [0.15, 0.2) is 6.07 Å². The van der Waals surface area contributed by atoms with Gasteiger partial charge in [-0.1, -0.05) is 32.4 Å². The topological polar surface area (TPSA) is 63.6 Å². The molecule has 0 aromatic heterocycles. The molecular formula is C12H21ClO4. The number of rotatable bonds is 8. The predicted octanol–water partition coefficient (Wildman–Crippen LogP) is 3.03. The molecular weight excluding hydrogens is 244 g/mol. The molecule has 100 valence electrons. The van der Waals surface area contributed by atoms with Crippen LogP contribution in [-0.2, 0) is 14.3 Å². The average Bonchev–Trinajstić information content (AvgIpc) is 2.12. The Morgan fingerprint density at radius 3 is 2.41 bits per heavy atom. The van der Waals surface area contributed by atoms with E-state index in [1.165, 1.54) is 0 Å². The molecule has 0 rings (SSSR count). The zero-order valence-electron chi connectivity index (χ0n) is 10.7. The fourth-order valence-corrected chi connectivity index (χ4v) is 2.27. The summed E-state index contributed by atoms with van der Waals surface area (Å²) in [6.45, 7) is 5.98. The highest BCUT2D eigenvalue weighted by atomic mass is 35.5. The summed E-state index contributed by atoms with van der Waals surface area (Å²) in [6.07, 6.45) is 1.56. The molecule has 1 atom stereocenters. The van der Waals surface area contributed by atoms with Gasteiger partial charge in [-0.3, -0.25) is 9.59 Å². The smallest absolute Gasteiger partial charge is 0.307 e. The molecule has 0 heterocycles. The Hall–Kier alpha value is -0.770. The molecule has 0 bridgehead atoms. The van der Waals surface area contributed by atoms with E-state index in [1.807, 2.05) is 20.8 Å². The molecule has 0 spiro atoms. The van der Waals surface area contributed by atoms with Crippen LogP contribution in [0.2, 0.25) is 0 Å². The molecule has 0 aliphatic heterocycles. The summed E-state index contributed by atoms with van der Waals surface area (Å²) in [4.78, 5) is 22.0. The highest BCUT2D eigenvalue weighted by Gasteiger charge is 2.29. The van der Waals surface area contributed by atoms with Crippen LogP contribution in [0.4, 0.5) is 0 Å². The Bertz CT molecular complexity index is 265. The second-order valence-corrected chi connectivity index (χ2v) is 5.32. The summed E-state index contributed by atoms with van der Waals surface area (Å²) < 4.78 is 4.63. The SMILES string of the molecule is CC(C)C[C@](C)(CCC(=O)OCCl)CC(=O)O. The van der Waals surface area contributed by atoms with Crippen molar-refractivity contribution in [2.75, 3.05) is 6.07 Å². The minimum Gasteiger partial charge on any atom is -0.481 e. The summed E-state index contributed by atoms with van der Waals surface area (Å²) in [6, 6.07) is -0.154. The van der Waals surface area contributed by atoms with Gasteiger partial charge in [-0.2, -0.15) is 0 Å². The van der Waals surface area contributed by atoms with Gasteiger partial charge in [-0.15, -0.1) is 0 Å². The van der Waals surface area contributed by atoms with E-state index < -0.39 is 5.97 Å². The number of carbonyl (C=O) groups is 2. The van der Waals surface area contributed by atoms with Gasteiger partial charge in [0, 0.05) is 6.42 Å². The number of hydrogen-bond acceptors (Lipinski definition) is 3. The van der Waals surface area contributed by atoms with Crippen LogP contribution in [0.3, 0.4) is 0 Å². The first-order valence-corrected chi connectivity index (χ1v) is 6.26. The second-order valence-electron chi connectivity index (χ2n) is 5.10. The maximum absolute atomic E-state index is 11.2. The van der Waals surface area contributed by atoms with Crippen LogP contribution in [0, 0.1) is 11.3 Å². The minimum absolute atomic E-state index is 0.0688. The number of carbonyl (C=O) groups excluding carboxylic acids is 1. The number of ether oxygens (including phenoxy) is 1. The molecule has 5 heteroatoms. The Labute approximate surface area is 107 Å². The summed E-state index contributed by atoms with van der Waals surface area (Å²) >= 11 is 5.28. The molecule has 0 aliphatic carbocycles. The van der Waals surface area contributed by atoms with Crippen LogP contribution in [0.25, 0.3) is 0 Å². The lowest BCUT2D eigenvalue weighted by Gasteiger charge is -2.29. The first-order chi connectivity index (χ1) is 7.79. The number of alkyl halides is 1. The van der Waals surface area contributed by atoms with Crippen molar-refractivity contribution in [1.82, 2.24) is 0 Å². The quantitative estimate of drug-likeness (QED) is 0.541. The standard InChI is InChI=1S/C12H21ClO4/c1-9(2)6-12(3,7-10(14)15)5-4-11(16)17-8-13/h9H,4-8H2,1-3H3,(H,14,15)/t12-/m0/s1. The minimum atomic E-state index is -0.834. The lowest BCUT2D eigenvalue weighted by atomic mass is 9.76. The van der Waals surface area contributed by atoms with E-state index in [0.717, 1.165) is 6.42 Å². The van der Waals surface area contributed by atoms with Crippen LogP contribution in [0.15, 0.2) is 0 Å². The van der Waals surface area contributed by atoms with Gasteiger partial charge in [0.05, 0.1) is 6.42 Å². The molecule has 0 unspecified atom stereocenters. The Morgan fingerprint density at radius 1 is 1.41 bits per heavy atom. The van der Waals surface area contributed by atoms with Gasteiger partial charge in [-0.05, 0) is 24.2 Å². The predicted molar refractivity (Wildman–Crippen MR) is 65.9 cm³/mol. The van der Waals surface area contributed by atoms with Gasteiger partial charge < -0.3 is 9.84 Å². The van der Waals surface area contributed by atoms with Crippen molar-refractivity contribution < 1.29 is 19.4 Å². The Morgan fingerprint density at radius 2 is 2.00 bits per heavy atom. The number of aliphatic carboxylic acids is 1. The summed E-state index contributed by atoms with van der Waals surface area (Å²) in [7, 11) is 0. The first kappa shape index (κ1) is 16.2. The summed E-state index contributed by atoms with van der Waals surface area (Å²) in [5, 5.41) is 8.89. The number of carboxylic acids is 1. The fraction of sp³-hybridized carbons (Fsp3) is 0.833. The van der Waals surface area contributed by atoms with Gasteiger partial charge in [0.1, 0.15) is 0 Å². The van der Waals surface area contributed by atoms with E-state index >= 15 is 0 Å². The third-order valence-corrected chi connectivity index (χ3v) is 2.74. The van der Waals surface area contributed by atoms with E-state index in [2.05, 4.69) is 4.74 Å². The van der Waals surface area contributed by atoms with Crippen molar-refractivity contribution in [3.05, 3.63) is 0 Å². The van der Waals surface area contributed by atoms with Crippen LogP contribution >= 0.6 is 11.6 Å². The molecule has 0 saturated carbocycles. The number of hydrogen-bond donors (Lipinski definition) is 1. The summed E-state index contributed by atoms with van der Waals surface area (Å²) in [5.74, 6) is -0.817. The van der Waals surface area contributed by atoms with Crippen molar-refractivity contribution in [3.8, 4) is 0 Å². The van der Waals surface area contributed by atoms with Crippen molar-refractivity contribution in [2.24, 2.45) is 11.3 Å². The van der Waals surface area contributed by atoms with Crippen molar-refractivity contribution in [1.29, 1.82) is 0 Å². The van der Waals surface area contributed by atoms with E-state index in [0.29, 0.717) is 12.3 Å². The number of halogens is 1. The molecule has 0 radical (unpaired) electrons. The summed E-state index contributed by atoms with van der Waals surface area (Å²) in [5.41, 5.74) is -0.370. The highest BCUT2D eigenvalue weighted by Crippen LogP contribution is 2.35. The maximum Gasteiger partial charge on any atom is 0.307 e. The van der Waals surface area contributed by atoms with Crippen molar-refractivity contribution >= 4 is 23.5 Å². The van der Waals surface area contributed by atoms with E-state index in [9.17, 15) is 9.59 Å². The first-order valence-electron chi connectivity index (χ1n) is 5.72. The second kappa shape index (κ2) is 7.54. The Balaban J connectivity index is 4.37. The number of carboxylic acid groups (broad SMARTS) is 1. The zero-order chi connectivity index (χ0) is 13.5. The van der Waals surface area contributed by atoms with Crippen molar-refractivity contribution in [2.45, 2.75) is 46.5 Å². The van der Waals surface area contributed by atoms with Gasteiger partial charge in [0.25, 0.3) is 0 Å². The van der Waals surface area contributed by atoms with E-state index in [1.54, 1.807) is 0 Å². The lowest BCUT2D eigenvalue weighted by Crippen LogP contribution is -2.24. The van der Waals surface area contributed by atoms with Crippen LogP contribution < -0.4 is 0 Å². The van der Waals surface area contributed by atoms with Crippen LogP contribution in [0.1, 0.15) is 46.5 Å². The average molecular weight is 265 g/mol. The molecule has 0 aromatic carbocycles. The normalized spacial score (nSPS) is 14.4. The van der Waals surface area contributed by atoms with Gasteiger partial charge in [-0.25, -0.2) is 0 Å². The maximum atomic E-state index is 11.2. The Kier molecular flexibility index (Phi) is 7.19. The molecule has 0 amide bonds. The molecule has 0 aromatic rings. The molecule has 4 nitrogen and oxygen atoms in total.